The van der Waals surface area contributed by atoms with Gasteiger partial charge in [0, 0.05) is 18.9 Å². The largest absolute Gasteiger partial charge is 0.458 e. The van der Waals surface area contributed by atoms with Crippen molar-refractivity contribution in [3.05, 3.63) is 22.8 Å². The van der Waals surface area contributed by atoms with Crippen LogP contribution < -0.4 is 0 Å². The average molecular weight is 354 g/mol. The molecule has 0 spiro atoms. The average Bonchev–Trinajstić information content (AvgIpc) is 3.18. The predicted molar refractivity (Wildman–Crippen MR) is 99.3 cm³/mol. The number of rotatable bonds is 1. The van der Waals surface area contributed by atoms with Crippen LogP contribution in [0.3, 0.4) is 0 Å². The summed E-state index contributed by atoms with van der Waals surface area (Å²) in [6.07, 6.45) is 11.7. The predicted octanol–water partition coefficient (Wildman–Crippen LogP) is 4.76. The summed E-state index contributed by atoms with van der Waals surface area (Å²) < 4.78 is 5.23. The van der Waals surface area contributed by atoms with E-state index in [1.807, 2.05) is 0 Å². The van der Waals surface area contributed by atoms with Gasteiger partial charge in [0.25, 0.3) is 0 Å². The molecule has 26 heavy (non-hydrogen) atoms. The van der Waals surface area contributed by atoms with Crippen molar-refractivity contribution in [3.63, 3.8) is 0 Å². The third-order valence-electron chi connectivity index (χ3n) is 8.94. The Labute approximate surface area is 156 Å². The molecule has 3 heteroatoms. The van der Waals surface area contributed by atoms with Gasteiger partial charge in [-0.05, 0) is 79.1 Å². The lowest BCUT2D eigenvalue weighted by Gasteiger charge is -2.55. The number of ether oxygens (including phenoxy) is 1. The van der Waals surface area contributed by atoms with Gasteiger partial charge in [0.2, 0.25) is 0 Å². The first-order valence-electron chi connectivity index (χ1n) is 10.5. The lowest BCUT2D eigenvalue weighted by atomic mass is 9.49. The number of cyclic esters (lactones) is 1. The van der Waals surface area contributed by atoms with Crippen LogP contribution in [0.15, 0.2) is 22.8 Å². The summed E-state index contributed by atoms with van der Waals surface area (Å²) >= 11 is 0. The van der Waals surface area contributed by atoms with Gasteiger partial charge in [0.05, 0.1) is 0 Å². The van der Waals surface area contributed by atoms with Crippen molar-refractivity contribution in [1.82, 2.24) is 0 Å². The molecule has 0 bridgehead atoms. The van der Waals surface area contributed by atoms with E-state index < -0.39 is 0 Å². The zero-order chi connectivity index (χ0) is 18.1. The van der Waals surface area contributed by atoms with Crippen LogP contribution in [0.4, 0.5) is 0 Å². The molecule has 4 aliphatic carbocycles. The fourth-order valence-corrected chi connectivity index (χ4v) is 7.47. The van der Waals surface area contributed by atoms with E-state index in [0.717, 1.165) is 19.3 Å². The summed E-state index contributed by atoms with van der Waals surface area (Å²) in [5.74, 6) is 2.10. The third-order valence-corrected chi connectivity index (χ3v) is 8.94. The van der Waals surface area contributed by atoms with Crippen LogP contribution in [0, 0.1) is 28.6 Å². The maximum absolute atomic E-state index is 12.0. The molecule has 3 nitrogen and oxygen atoms in total. The normalized spacial score (nSPS) is 45.0. The van der Waals surface area contributed by atoms with Crippen LogP contribution in [-0.4, -0.2) is 18.4 Å². The Morgan fingerprint density at radius 2 is 1.85 bits per heavy atom. The summed E-state index contributed by atoms with van der Waals surface area (Å²) in [6.45, 7) is 5.44. The first-order valence-corrected chi connectivity index (χ1v) is 10.5. The molecule has 1 heterocycles. The van der Waals surface area contributed by atoms with E-state index in [4.69, 9.17) is 4.74 Å². The Balaban J connectivity index is 1.51. The molecule has 0 aromatic heterocycles. The second-order valence-electron chi connectivity index (χ2n) is 9.91. The molecule has 0 radical (unpaired) electrons. The first-order chi connectivity index (χ1) is 12.4. The first kappa shape index (κ1) is 16.8. The second-order valence-corrected chi connectivity index (χ2v) is 9.91. The standard InChI is InChI=1S/C23H30O3/c1-22-9-7-16(24)12-15(22)3-4-17-19-6-5-18(14-11-21(25)26-13-14)23(19,2)10-8-20(17)22/h11,15,18,20H,3-10,12-13H2,1-2H3/t15?,18-,20+,22+,23-/m1/s1. The molecule has 1 aliphatic heterocycles. The number of carbonyl (C=O) groups excluding carboxylic acids is 2. The summed E-state index contributed by atoms with van der Waals surface area (Å²) in [5.41, 5.74) is 5.25. The minimum Gasteiger partial charge on any atom is -0.458 e. The number of hydrogen-bond donors (Lipinski definition) is 0. The molecular weight excluding hydrogens is 324 g/mol. The van der Waals surface area contributed by atoms with Crippen LogP contribution in [0.5, 0.6) is 0 Å². The molecule has 3 fully saturated rings. The van der Waals surface area contributed by atoms with Gasteiger partial charge in [0.1, 0.15) is 12.4 Å². The van der Waals surface area contributed by atoms with Crippen LogP contribution in [-0.2, 0) is 14.3 Å². The van der Waals surface area contributed by atoms with Crippen molar-refractivity contribution in [2.75, 3.05) is 6.61 Å². The SMILES string of the molecule is C[C@]12CC[C@H]3C(=C1CC[C@@H]2C1=CC(=O)OC1)CCC1CC(=O)CC[C@@]13C. The van der Waals surface area contributed by atoms with E-state index in [2.05, 4.69) is 13.8 Å². The Kier molecular flexibility index (Phi) is 3.59. The molecule has 0 N–H and O–H groups in total. The smallest absolute Gasteiger partial charge is 0.331 e. The highest BCUT2D eigenvalue weighted by Gasteiger charge is 2.55. The van der Waals surface area contributed by atoms with Crippen molar-refractivity contribution in [1.29, 1.82) is 0 Å². The van der Waals surface area contributed by atoms with E-state index >= 15 is 0 Å². The maximum atomic E-state index is 12.0. The van der Waals surface area contributed by atoms with Crippen LogP contribution in [0.2, 0.25) is 0 Å². The zero-order valence-corrected chi connectivity index (χ0v) is 16.1. The summed E-state index contributed by atoms with van der Waals surface area (Å²) in [5, 5.41) is 0. The third kappa shape index (κ3) is 2.18. The molecule has 1 unspecified atom stereocenters. The minimum absolute atomic E-state index is 0.154. The van der Waals surface area contributed by atoms with Gasteiger partial charge < -0.3 is 4.74 Å². The molecule has 5 atom stereocenters. The Hall–Kier alpha value is -1.38. The molecular formula is C23H30O3. The Morgan fingerprint density at radius 1 is 1.00 bits per heavy atom. The molecule has 140 valence electrons. The Bertz CT molecular complexity index is 745. The van der Waals surface area contributed by atoms with Gasteiger partial charge in [-0.25, -0.2) is 4.79 Å². The van der Waals surface area contributed by atoms with Crippen molar-refractivity contribution >= 4 is 11.8 Å². The summed E-state index contributed by atoms with van der Waals surface area (Å²) in [6, 6.07) is 0. The fraction of sp³-hybridized carbons (Fsp3) is 0.739. The number of carbonyl (C=O) groups is 2. The highest BCUT2D eigenvalue weighted by atomic mass is 16.5. The molecule has 0 aromatic rings. The van der Waals surface area contributed by atoms with E-state index in [0.29, 0.717) is 35.6 Å². The van der Waals surface area contributed by atoms with E-state index in [9.17, 15) is 9.59 Å². The lowest BCUT2D eigenvalue weighted by molar-refractivity contribution is -0.135. The number of ketones is 1. The van der Waals surface area contributed by atoms with Gasteiger partial charge in [-0.2, -0.15) is 0 Å². The van der Waals surface area contributed by atoms with Crippen molar-refractivity contribution in [2.24, 2.45) is 28.6 Å². The van der Waals surface area contributed by atoms with Crippen LogP contribution in [0.25, 0.3) is 0 Å². The van der Waals surface area contributed by atoms with Gasteiger partial charge in [-0.1, -0.05) is 25.0 Å². The van der Waals surface area contributed by atoms with Gasteiger partial charge in [-0.3, -0.25) is 4.79 Å². The van der Waals surface area contributed by atoms with Gasteiger partial charge >= 0.3 is 5.97 Å². The molecule has 5 rings (SSSR count). The van der Waals surface area contributed by atoms with Crippen molar-refractivity contribution in [2.45, 2.75) is 71.6 Å². The quantitative estimate of drug-likeness (QED) is 0.503. The van der Waals surface area contributed by atoms with E-state index in [-0.39, 0.29) is 11.4 Å². The van der Waals surface area contributed by atoms with Gasteiger partial charge in [-0.15, -0.1) is 0 Å². The topological polar surface area (TPSA) is 43.4 Å². The molecule has 0 saturated heterocycles. The number of esters is 1. The maximum Gasteiger partial charge on any atom is 0.331 e. The summed E-state index contributed by atoms with van der Waals surface area (Å²) in [4.78, 5) is 23.6. The molecule has 3 saturated carbocycles. The van der Waals surface area contributed by atoms with Crippen LogP contribution in [0.1, 0.15) is 71.6 Å². The van der Waals surface area contributed by atoms with Crippen molar-refractivity contribution < 1.29 is 14.3 Å². The number of allylic oxidation sites excluding steroid dienone is 2. The highest BCUT2D eigenvalue weighted by molar-refractivity contribution is 5.85. The summed E-state index contributed by atoms with van der Waals surface area (Å²) in [7, 11) is 0. The molecule has 5 aliphatic rings. The van der Waals surface area contributed by atoms with E-state index in [1.165, 1.54) is 44.1 Å². The number of hydrogen-bond acceptors (Lipinski definition) is 3. The van der Waals surface area contributed by atoms with Gasteiger partial charge in [0.15, 0.2) is 0 Å². The zero-order valence-electron chi connectivity index (χ0n) is 16.1. The monoisotopic (exact) mass is 354 g/mol. The van der Waals surface area contributed by atoms with E-state index in [1.54, 1.807) is 17.2 Å². The number of fused-ring (bicyclic) bond motifs is 4. The molecule has 0 aromatic carbocycles. The highest BCUT2D eigenvalue weighted by Crippen LogP contribution is 2.65. The number of Topliss-reactive ketones (excluding diaryl/α,β-unsaturated/α-hetero) is 1. The second kappa shape index (κ2) is 5.56. The van der Waals surface area contributed by atoms with Crippen molar-refractivity contribution in [3.8, 4) is 0 Å². The fourth-order valence-electron chi connectivity index (χ4n) is 7.47. The minimum atomic E-state index is -0.154. The lowest BCUT2D eigenvalue weighted by Crippen LogP contribution is -2.47. The Morgan fingerprint density at radius 3 is 2.62 bits per heavy atom. The van der Waals surface area contributed by atoms with Crippen LogP contribution >= 0.6 is 0 Å². The molecule has 0 amide bonds.